The predicted molar refractivity (Wildman–Crippen MR) is 79.3 cm³/mol. The summed E-state index contributed by atoms with van der Waals surface area (Å²) in [6.07, 6.45) is 4.51. The molecule has 1 aliphatic carbocycles. The number of methoxy groups -OCH3 is 1. The van der Waals surface area contributed by atoms with Crippen molar-refractivity contribution in [3.05, 3.63) is 18.2 Å². The van der Waals surface area contributed by atoms with Gasteiger partial charge in [0.05, 0.1) is 12.8 Å². The first kappa shape index (κ1) is 15.9. The Hall–Kier alpha value is -1.52. The molecule has 21 heavy (non-hydrogen) atoms. The zero-order chi connectivity index (χ0) is 15.5. The second-order valence-electron chi connectivity index (χ2n) is 6.17. The first-order valence-corrected chi connectivity index (χ1v) is 7.32. The quantitative estimate of drug-likeness (QED) is 0.856. The van der Waals surface area contributed by atoms with Gasteiger partial charge in [0.25, 0.3) is 0 Å². The molecule has 118 valence electrons. The van der Waals surface area contributed by atoms with Crippen LogP contribution >= 0.6 is 0 Å². The van der Waals surface area contributed by atoms with E-state index in [0.29, 0.717) is 11.4 Å². The maximum absolute atomic E-state index is 12.5. The van der Waals surface area contributed by atoms with E-state index in [1.807, 2.05) is 0 Å². The predicted octanol–water partition coefficient (Wildman–Crippen LogP) is 4.68. The van der Waals surface area contributed by atoms with Crippen LogP contribution in [0.2, 0.25) is 0 Å². The third kappa shape index (κ3) is 3.99. The van der Waals surface area contributed by atoms with Gasteiger partial charge in [0.2, 0.25) is 0 Å². The first-order chi connectivity index (χ1) is 9.92. The monoisotopic (exact) mass is 299 g/mol. The molecule has 1 fully saturated rings. The van der Waals surface area contributed by atoms with Crippen molar-refractivity contribution in [1.29, 1.82) is 0 Å². The minimum absolute atomic E-state index is 0.128. The highest BCUT2D eigenvalue weighted by Crippen LogP contribution is 2.39. The Bertz CT molecular complexity index is 477. The summed E-state index contributed by atoms with van der Waals surface area (Å²) in [5.74, 6) is 0.778. The van der Waals surface area contributed by atoms with Crippen molar-refractivity contribution >= 4 is 5.69 Å². The third-order valence-corrected chi connectivity index (χ3v) is 4.24. The van der Waals surface area contributed by atoms with E-state index in [0.717, 1.165) is 19.3 Å². The molecule has 0 saturated heterocycles. The van der Waals surface area contributed by atoms with Crippen molar-refractivity contribution in [1.82, 2.24) is 0 Å². The van der Waals surface area contributed by atoms with Gasteiger partial charge in [-0.05, 0) is 30.4 Å². The van der Waals surface area contributed by atoms with E-state index < -0.39 is 6.61 Å². The summed E-state index contributed by atoms with van der Waals surface area (Å²) in [5.41, 5.74) is 0.693. The SMILES string of the molecule is COc1ccc(OC(F)F)c(NC2CCCCC2(C)C)c1. The normalized spacial score (nSPS) is 21.1. The van der Waals surface area contributed by atoms with Gasteiger partial charge in [-0.25, -0.2) is 0 Å². The van der Waals surface area contributed by atoms with Crippen LogP contribution in [0.15, 0.2) is 18.2 Å². The first-order valence-electron chi connectivity index (χ1n) is 7.32. The summed E-state index contributed by atoms with van der Waals surface area (Å²) in [6, 6.07) is 5.08. The molecule has 1 atom stereocenters. The fourth-order valence-corrected chi connectivity index (χ4v) is 2.90. The molecule has 0 amide bonds. The number of anilines is 1. The molecule has 1 aromatic carbocycles. The minimum atomic E-state index is -2.83. The second kappa shape index (κ2) is 6.50. The molecule has 1 aliphatic rings. The number of rotatable bonds is 5. The van der Waals surface area contributed by atoms with E-state index in [1.165, 1.54) is 12.5 Å². The van der Waals surface area contributed by atoms with Crippen molar-refractivity contribution < 1.29 is 18.3 Å². The molecule has 1 unspecified atom stereocenters. The zero-order valence-corrected chi connectivity index (χ0v) is 12.8. The van der Waals surface area contributed by atoms with Gasteiger partial charge in [0.1, 0.15) is 11.5 Å². The Labute approximate surface area is 124 Å². The molecule has 1 N–H and O–H groups in total. The number of halogens is 2. The van der Waals surface area contributed by atoms with Crippen LogP contribution < -0.4 is 14.8 Å². The van der Waals surface area contributed by atoms with Crippen molar-refractivity contribution in [3.63, 3.8) is 0 Å². The maximum Gasteiger partial charge on any atom is 0.387 e. The standard InChI is InChI=1S/C16H23F2NO2/c1-16(2)9-5-4-6-14(16)19-12-10-11(20-3)7-8-13(12)21-15(17)18/h7-8,10,14-15,19H,4-6,9H2,1-3H3. The number of ether oxygens (including phenoxy) is 2. The number of alkyl halides is 2. The Kier molecular flexibility index (Phi) is 4.91. The lowest BCUT2D eigenvalue weighted by Crippen LogP contribution is -2.39. The summed E-state index contributed by atoms with van der Waals surface area (Å²) in [4.78, 5) is 0. The van der Waals surface area contributed by atoms with E-state index in [9.17, 15) is 8.78 Å². The molecule has 0 aromatic heterocycles. The molecule has 0 aliphatic heterocycles. The molecule has 0 spiro atoms. The molecule has 2 rings (SSSR count). The summed E-state index contributed by atoms with van der Waals surface area (Å²) >= 11 is 0. The van der Waals surface area contributed by atoms with E-state index >= 15 is 0 Å². The van der Waals surface area contributed by atoms with E-state index in [1.54, 1.807) is 19.2 Å². The number of hydrogen-bond donors (Lipinski definition) is 1. The molecular formula is C16H23F2NO2. The Balaban J connectivity index is 2.23. The van der Waals surface area contributed by atoms with Crippen LogP contribution in [-0.4, -0.2) is 19.8 Å². The summed E-state index contributed by atoms with van der Waals surface area (Å²) in [6.45, 7) is 1.58. The van der Waals surface area contributed by atoms with Gasteiger partial charge < -0.3 is 14.8 Å². The smallest absolute Gasteiger partial charge is 0.387 e. The molecule has 1 saturated carbocycles. The average Bonchev–Trinajstić information content (AvgIpc) is 2.42. The highest BCUT2D eigenvalue weighted by Gasteiger charge is 2.32. The summed E-state index contributed by atoms with van der Waals surface area (Å²) in [5, 5.41) is 3.38. The van der Waals surface area contributed by atoms with E-state index in [4.69, 9.17) is 4.74 Å². The Morgan fingerprint density at radius 3 is 2.67 bits per heavy atom. The number of hydrogen-bond acceptors (Lipinski definition) is 3. The lowest BCUT2D eigenvalue weighted by molar-refractivity contribution is -0.0494. The van der Waals surface area contributed by atoms with Crippen LogP contribution in [0, 0.1) is 5.41 Å². The topological polar surface area (TPSA) is 30.5 Å². The fraction of sp³-hybridized carbons (Fsp3) is 0.625. The highest BCUT2D eigenvalue weighted by atomic mass is 19.3. The summed E-state index contributed by atoms with van der Waals surface area (Å²) in [7, 11) is 1.55. The Morgan fingerprint density at radius 1 is 1.29 bits per heavy atom. The van der Waals surface area contributed by atoms with Gasteiger partial charge in [-0.15, -0.1) is 0 Å². The van der Waals surface area contributed by atoms with Crippen LogP contribution in [-0.2, 0) is 0 Å². The van der Waals surface area contributed by atoms with Crippen molar-refractivity contribution in [3.8, 4) is 11.5 Å². The highest BCUT2D eigenvalue weighted by molar-refractivity contribution is 5.60. The lowest BCUT2D eigenvalue weighted by atomic mass is 9.73. The van der Waals surface area contributed by atoms with Gasteiger partial charge in [0, 0.05) is 12.1 Å². The largest absolute Gasteiger partial charge is 0.497 e. The lowest BCUT2D eigenvalue weighted by Gasteiger charge is -2.39. The maximum atomic E-state index is 12.5. The molecule has 0 bridgehead atoms. The van der Waals surface area contributed by atoms with Crippen LogP contribution in [0.1, 0.15) is 39.5 Å². The molecule has 3 nitrogen and oxygen atoms in total. The van der Waals surface area contributed by atoms with Crippen molar-refractivity contribution in [2.75, 3.05) is 12.4 Å². The van der Waals surface area contributed by atoms with Gasteiger partial charge in [-0.1, -0.05) is 26.7 Å². The van der Waals surface area contributed by atoms with E-state index in [2.05, 4.69) is 23.9 Å². The fourth-order valence-electron chi connectivity index (χ4n) is 2.90. The second-order valence-corrected chi connectivity index (χ2v) is 6.17. The molecule has 0 radical (unpaired) electrons. The van der Waals surface area contributed by atoms with Crippen LogP contribution in [0.3, 0.4) is 0 Å². The van der Waals surface area contributed by atoms with Gasteiger partial charge in [-0.3, -0.25) is 0 Å². The van der Waals surface area contributed by atoms with E-state index in [-0.39, 0.29) is 17.2 Å². The number of nitrogens with one attached hydrogen (secondary N) is 1. The van der Waals surface area contributed by atoms with Gasteiger partial charge in [-0.2, -0.15) is 8.78 Å². The Morgan fingerprint density at radius 2 is 2.05 bits per heavy atom. The number of benzene rings is 1. The van der Waals surface area contributed by atoms with Crippen LogP contribution in [0.25, 0.3) is 0 Å². The van der Waals surface area contributed by atoms with Gasteiger partial charge in [0.15, 0.2) is 0 Å². The third-order valence-electron chi connectivity index (χ3n) is 4.24. The van der Waals surface area contributed by atoms with Crippen LogP contribution in [0.5, 0.6) is 11.5 Å². The molecule has 1 aromatic rings. The molecule has 5 heteroatoms. The van der Waals surface area contributed by atoms with Crippen LogP contribution in [0.4, 0.5) is 14.5 Å². The van der Waals surface area contributed by atoms with Crippen molar-refractivity contribution in [2.45, 2.75) is 52.2 Å². The molecule has 0 heterocycles. The van der Waals surface area contributed by atoms with Crippen molar-refractivity contribution in [2.24, 2.45) is 5.41 Å². The minimum Gasteiger partial charge on any atom is -0.497 e. The average molecular weight is 299 g/mol. The zero-order valence-electron chi connectivity index (χ0n) is 12.8. The van der Waals surface area contributed by atoms with Gasteiger partial charge >= 0.3 is 6.61 Å². The summed E-state index contributed by atoms with van der Waals surface area (Å²) < 4.78 is 34.8. The molecular weight excluding hydrogens is 276 g/mol.